The fourth-order valence-electron chi connectivity index (χ4n) is 4.40. The molecule has 2 atom stereocenters. The molecule has 9 heteroatoms. The van der Waals surface area contributed by atoms with Gasteiger partial charge in [0.2, 0.25) is 5.75 Å². The summed E-state index contributed by atoms with van der Waals surface area (Å²) in [5.41, 5.74) is 2.59. The van der Waals surface area contributed by atoms with Crippen LogP contribution in [-0.2, 0) is 9.53 Å². The maximum absolute atomic E-state index is 13.0. The lowest BCUT2D eigenvalue weighted by Crippen LogP contribution is -2.35. The lowest BCUT2D eigenvalue weighted by atomic mass is 9.80. The minimum atomic E-state index is -0.625. The Kier molecular flexibility index (Phi) is 6.64. The van der Waals surface area contributed by atoms with Gasteiger partial charge in [0.15, 0.2) is 17.1 Å². The van der Waals surface area contributed by atoms with Crippen molar-refractivity contribution in [3.05, 3.63) is 30.1 Å². The van der Waals surface area contributed by atoms with Crippen LogP contribution < -0.4 is 19.5 Å². The number of benzene rings is 1. The first-order valence-corrected chi connectivity index (χ1v) is 11.7. The third-order valence-corrected chi connectivity index (χ3v) is 6.53. The van der Waals surface area contributed by atoms with E-state index in [-0.39, 0.29) is 11.4 Å². The number of esters is 1. The Labute approximate surface area is 205 Å². The summed E-state index contributed by atoms with van der Waals surface area (Å²) in [5, 5.41) is 3.41. The van der Waals surface area contributed by atoms with Crippen molar-refractivity contribution in [1.29, 1.82) is 0 Å². The van der Waals surface area contributed by atoms with Gasteiger partial charge >= 0.3 is 5.97 Å². The van der Waals surface area contributed by atoms with Crippen molar-refractivity contribution in [1.82, 2.24) is 20.3 Å². The Balaban J connectivity index is 1.83. The third kappa shape index (κ3) is 4.65. The quantitative estimate of drug-likeness (QED) is 0.481. The summed E-state index contributed by atoms with van der Waals surface area (Å²) in [6.07, 6.45) is 3.94. The zero-order valence-electron chi connectivity index (χ0n) is 21.4. The summed E-state index contributed by atoms with van der Waals surface area (Å²) < 4.78 is 22.6. The summed E-state index contributed by atoms with van der Waals surface area (Å²) in [4.78, 5) is 25.7. The van der Waals surface area contributed by atoms with Gasteiger partial charge < -0.3 is 29.2 Å². The van der Waals surface area contributed by atoms with Gasteiger partial charge in [-0.05, 0) is 45.9 Å². The first kappa shape index (κ1) is 24.8. The lowest BCUT2D eigenvalue weighted by Gasteiger charge is -2.34. The molecule has 9 nitrogen and oxygen atoms in total. The standard InChI is InChI=1S/C26H34N4O5/c1-25(2,3)24(31)35-22(26(4)8-9-27-14-26)16-12-28-23-20(16)30-17(13-29-23)15-10-18(32-5)21(34-7)19(11-15)33-6/h10-13,22,27H,8-9,14H2,1-7H3,(H,28,29). The predicted octanol–water partition coefficient (Wildman–Crippen LogP) is 4.28. The van der Waals surface area contributed by atoms with E-state index in [1.807, 2.05) is 39.1 Å². The van der Waals surface area contributed by atoms with Crippen molar-refractivity contribution >= 4 is 17.1 Å². The first-order chi connectivity index (χ1) is 16.6. The average Bonchev–Trinajstić information content (AvgIpc) is 3.47. The van der Waals surface area contributed by atoms with Crippen LogP contribution in [0.4, 0.5) is 0 Å². The number of nitrogens with one attached hydrogen (secondary N) is 2. The van der Waals surface area contributed by atoms with E-state index in [1.165, 1.54) is 0 Å². The SMILES string of the molecule is COc1cc(-c2cnc3[nH]cc(C(OC(=O)C(C)(C)C)C4(C)CCNC4)c3n2)cc(OC)c1OC. The summed E-state index contributed by atoms with van der Waals surface area (Å²) in [6, 6.07) is 3.67. The molecule has 3 heterocycles. The molecule has 0 spiro atoms. The van der Waals surface area contributed by atoms with E-state index in [1.54, 1.807) is 27.5 Å². The van der Waals surface area contributed by atoms with Crippen LogP contribution in [0.5, 0.6) is 17.2 Å². The molecule has 3 aromatic rings. The van der Waals surface area contributed by atoms with Gasteiger partial charge in [-0.2, -0.15) is 0 Å². The van der Waals surface area contributed by atoms with E-state index in [9.17, 15) is 4.79 Å². The highest BCUT2D eigenvalue weighted by Crippen LogP contribution is 2.45. The van der Waals surface area contributed by atoms with Crippen molar-refractivity contribution in [2.75, 3.05) is 34.4 Å². The van der Waals surface area contributed by atoms with Gasteiger partial charge in [0.25, 0.3) is 0 Å². The number of hydrogen-bond donors (Lipinski definition) is 2. The number of ether oxygens (including phenoxy) is 4. The third-order valence-electron chi connectivity index (χ3n) is 6.53. The van der Waals surface area contributed by atoms with Gasteiger partial charge in [-0.1, -0.05) is 6.92 Å². The predicted molar refractivity (Wildman–Crippen MR) is 133 cm³/mol. The van der Waals surface area contributed by atoms with E-state index in [4.69, 9.17) is 23.9 Å². The maximum Gasteiger partial charge on any atom is 0.311 e. The number of rotatable bonds is 7. The van der Waals surface area contributed by atoms with E-state index in [0.717, 1.165) is 30.6 Å². The summed E-state index contributed by atoms with van der Waals surface area (Å²) in [7, 11) is 4.71. The van der Waals surface area contributed by atoms with Crippen molar-refractivity contribution in [3.63, 3.8) is 0 Å². The smallest absolute Gasteiger partial charge is 0.311 e. The van der Waals surface area contributed by atoms with Crippen LogP contribution >= 0.6 is 0 Å². The molecule has 1 aliphatic heterocycles. The monoisotopic (exact) mass is 482 g/mol. The number of aromatic amines is 1. The number of carbonyl (C=O) groups is 1. The second-order valence-electron chi connectivity index (χ2n) is 10.2. The first-order valence-electron chi connectivity index (χ1n) is 11.7. The van der Waals surface area contributed by atoms with Gasteiger partial charge in [-0.15, -0.1) is 0 Å². The number of H-pyrrole nitrogens is 1. The van der Waals surface area contributed by atoms with Gasteiger partial charge in [-0.3, -0.25) is 4.79 Å². The Morgan fingerprint density at radius 1 is 1.11 bits per heavy atom. The van der Waals surface area contributed by atoms with Crippen LogP contribution in [0.1, 0.15) is 45.8 Å². The molecule has 1 aliphatic rings. The summed E-state index contributed by atoms with van der Waals surface area (Å²) >= 11 is 0. The van der Waals surface area contributed by atoms with Crippen molar-refractivity contribution < 1.29 is 23.7 Å². The lowest BCUT2D eigenvalue weighted by molar-refractivity contribution is -0.165. The fraction of sp³-hybridized carbons (Fsp3) is 0.500. The molecule has 0 bridgehead atoms. The molecule has 4 rings (SSSR count). The molecule has 2 N–H and O–H groups in total. The van der Waals surface area contributed by atoms with Crippen LogP contribution in [0.15, 0.2) is 24.5 Å². The Bertz CT molecular complexity index is 1200. The molecule has 188 valence electrons. The normalized spacial score (nSPS) is 18.9. The van der Waals surface area contributed by atoms with Gasteiger partial charge in [-0.25, -0.2) is 9.97 Å². The van der Waals surface area contributed by atoms with Gasteiger partial charge in [0, 0.05) is 29.3 Å². The summed E-state index contributed by atoms with van der Waals surface area (Å²) in [6.45, 7) is 9.33. The zero-order chi connectivity index (χ0) is 25.4. The topological polar surface area (TPSA) is 108 Å². The van der Waals surface area contributed by atoms with Gasteiger partial charge in [0.05, 0.1) is 38.6 Å². The van der Waals surface area contributed by atoms with Crippen LogP contribution in [0.2, 0.25) is 0 Å². The molecule has 1 aromatic carbocycles. The van der Waals surface area contributed by atoms with Crippen LogP contribution in [-0.4, -0.2) is 55.3 Å². The molecule has 2 unspecified atom stereocenters. The molecular formula is C26H34N4O5. The van der Waals surface area contributed by atoms with Crippen molar-refractivity contribution in [2.45, 2.75) is 40.2 Å². The largest absolute Gasteiger partial charge is 0.493 e. The molecule has 1 fully saturated rings. The van der Waals surface area contributed by atoms with E-state index < -0.39 is 11.5 Å². The number of hydrogen-bond acceptors (Lipinski definition) is 8. The number of fused-ring (bicyclic) bond motifs is 1. The molecule has 0 radical (unpaired) electrons. The minimum absolute atomic E-state index is 0.251. The number of methoxy groups -OCH3 is 3. The Morgan fingerprint density at radius 3 is 2.34 bits per heavy atom. The molecule has 1 saturated heterocycles. The fourth-order valence-corrected chi connectivity index (χ4v) is 4.40. The molecule has 35 heavy (non-hydrogen) atoms. The molecule has 0 saturated carbocycles. The number of aromatic nitrogens is 3. The van der Waals surface area contributed by atoms with E-state index in [2.05, 4.69) is 22.2 Å². The summed E-state index contributed by atoms with van der Waals surface area (Å²) in [5.74, 6) is 1.31. The molecule has 0 aliphatic carbocycles. The highest BCUT2D eigenvalue weighted by molar-refractivity contribution is 5.81. The van der Waals surface area contributed by atoms with Crippen molar-refractivity contribution in [2.24, 2.45) is 10.8 Å². The molecular weight excluding hydrogens is 448 g/mol. The van der Waals surface area contributed by atoms with E-state index >= 15 is 0 Å². The maximum atomic E-state index is 13.0. The average molecular weight is 483 g/mol. The number of carbonyl (C=O) groups excluding carboxylic acids is 1. The molecule has 0 amide bonds. The Hall–Kier alpha value is -3.33. The zero-order valence-corrected chi connectivity index (χ0v) is 21.4. The number of nitrogens with zero attached hydrogens (tertiary/aromatic N) is 2. The van der Waals surface area contributed by atoms with Crippen molar-refractivity contribution in [3.8, 4) is 28.5 Å². The highest BCUT2D eigenvalue weighted by atomic mass is 16.5. The van der Waals surface area contributed by atoms with E-state index in [0.29, 0.717) is 34.1 Å². The minimum Gasteiger partial charge on any atom is -0.493 e. The Morgan fingerprint density at radius 2 is 1.80 bits per heavy atom. The molecule has 2 aromatic heterocycles. The van der Waals surface area contributed by atoms with Crippen LogP contribution in [0.3, 0.4) is 0 Å². The second-order valence-corrected chi connectivity index (χ2v) is 10.2. The highest BCUT2D eigenvalue weighted by Gasteiger charge is 2.43. The van der Waals surface area contributed by atoms with Gasteiger partial charge in [0.1, 0.15) is 11.6 Å². The van der Waals surface area contributed by atoms with Crippen LogP contribution in [0, 0.1) is 10.8 Å². The van der Waals surface area contributed by atoms with Crippen LogP contribution in [0.25, 0.3) is 22.4 Å². The second kappa shape index (κ2) is 9.37.